The fraction of sp³-hybridized carbons (Fsp3) is 0.727. The van der Waals surface area contributed by atoms with E-state index in [-0.39, 0.29) is 24.3 Å². The molecule has 0 saturated carbocycles. The van der Waals surface area contributed by atoms with Gasteiger partial charge >= 0.3 is 12.2 Å². The van der Waals surface area contributed by atoms with E-state index in [1.165, 1.54) is 0 Å². The molecule has 0 heterocycles. The molecule has 2 aliphatic carbocycles. The van der Waals surface area contributed by atoms with Crippen LogP contribution in [0.2, 0.25) is 0 Å². The predicted molar refractivity (Wildman–Crippen MR) is 120 cm³/mol. The highest BCUT2D eigenvalue weighted by atomic mass is 16.6. The zero-order chi connectivity index (χ0) is 22.9. The van der Waals surface area contributed by atoms with Gasteiger partial charge in [-0.3, -0.25) is 0 Å². The van der Waals surface area contributed by atoms with Crippen molar-refractivity contribution in [3.8, 4) is 0 Å². The smallest absolute Gasteiger partial charge is 0.408 e. The van der Waals surface area contributed by atoms with Gasteiger partial charge in [0, 0.05) is 12.1 Å². The lowest BCUT2D eigenvalue weighted by atomic mass is 10.2. The number of amides is 2. The van der Waals surface area contributed by atoms with E-state index in [9.17, 15) is 9.59 Å². The Kier molecular flexibility index (Phi) is 9.84. The van der Waals surface area contributed by atoms with Gasteiger partial charge in [0.2, 0.25) is 0 Å². The lowest BCUT2D eigenvalue weighted by Crippen LogP contribution is -2.38. The number of likely N-dealkylation sites (N-methyl/N-ethyl adjacent to an activating group) is 2. The van der Waals surface area contributed by atoms with Crippen molar-refractivity contribution in [2.24, 2.45) is 0 Å². The van der Waals surface area contributed by atoms with Crippen LogP contribution in [-0.2, 0) is 9.47 Å². The number of carbonyl (C=O) groups is 2. The van der Waals surface area contributed by atoms with Crippen LogP contribution in [0.1, 0.15) is 54.4 Å². The van der Waals surface area contributed by atoms with Crippen LogP contribution in [0.4, 0.5) is 9.59 Å². The van der Waals surface area contributed by atoms with Crippen LogP contribution < -0.4 is 21.3 Å². The zero-order valence-electron chi connectivity index (χ0n) is 19.7. The van der Waals surface area contributed by atoms with E-state index >= 15 is 0 Å². The van der Waals surface area contributed by atoms with Crippen molar-refractivity contribution >= 4 is 12.2 Å². The number of rotatable bonds is 4. The molecule has 0 aliphatic heterocycles. The minimum absolute atomic E-state index is 0.0808. The van der Waals surface area contributed by atoms with Crippen molar-refractivity contribution in [2.75, 3.05) is 14.1 Å². The lowest BCUT2D eigenvalue weighted by Gasteiger charge is -2.21. The summed E-state index contributed by atoms with van der Waals surface area (Å²) in [5.74, 6) is 0. The van der Waals surface area contributed by atoms with Crippen LogP contribution in [-0.4, -0.2) is 61.7 Å². The topological polar surface area (TPSA) is 101 Å². The van der Waals surface area contributed by atoms with Crippen molar-refractivity contribution in [3.63, 3.8) is 0 Å². The summed E-state index contributed by atoms with van der Waals surface area (Å²) in [4.78, 5) is 22.8. The largest absolute Gasteiger partial charge is 0.444 e. The van der Waals surface area contributed by atoms with Gasteiger partial charge in [-0.1, -0.05) is 24.3 Å². The van der Waals surface area contributed by atoms with Gasteiger partial charge < -0.3 is 30.7 Å². The number of carbonyl (C=O) groups excluding carboxylic acids is 2. The van der Waals surface area contributed by atoms with Gasteiger partial charge in [0.25, 0.3) is 0 Å². The molecule has 2 amide bonds. The number of nitrogens with one attached hydrogen (secondary N) is 4. The Labute approximate surface area is 181 Å². The summed E-state index contributed by atoms with van der Waals surface area (Å²) in [6.07, 6.45) is 9.16. The van der Waals surface area contributed by atoms with Crippen molar-refractivity contribution in [1.29, 1.82) is 0 Å². The van der Waals surface area contributed by atoms with Gasteiger partial charge in [-0.2, -0.15) is 0 Å². The molecule has 0 spiro atoms. The Morgan fingerprint density at radius 3 is 1.20 bits per heavy atom. The zero-order valence-corrected chi connectivity index (χ0v) is 19.7. The highest BCUT2D eigenvalue weighted by Gasteiger charge is 2.23. The molecular formula is C22H40N4O4. The van der Waals surface area contributed by atoms with Crippen LogP contribution in [0, 0.1) is 0 Å². The molecule has 0 saturated heterocycles. The van der Waals surface area contributed by atoms with E-state index in [2.05, 4.69) is 33.4 Å². The number of hydrogen-bond donors (Lipinski definition) is 4. The summed E-state index contributed by atoms with van der Waals surface area (Å²) in [7, 11) is 3.82. The first-order valence-electron chi connectivity index (χ1n) is 10.5. The summed E-state index contributed by atoms with van der Waals surface area (Å²) in [6, 6.07) is 0.865. The Morgan fingerprint density at radius 2 is 0.967 bits per heavy atom. The maximum absolute atomic E-state index is 11.4. The molecule has 0 aromatic carbocycles. The van der Waals surface area contributed by atoms with Crippen LogP contribution in [0.25, 0.3) is 0 Å². The monoisotopic (exact) mass is 424 g/mol. The molecule has 0 aromatic rings. The first-order valence-corrected chi connectivity index (χ1v) is 10.5. The third-order valence-corrected chi connectivity index (χ3v) is 4.31. The average Bonchev–Trinajstić information content (AvgIpc) is 3.20. The fourth-order valence-corrected chi connectivity index (χ4v) is 2.96. The predicted octanol–water partition coefficient (Wildman–Crippen LogP) is 2.86. The molecule has 2 aliphatic rings. The molecule has 172 valence electrons. The van der Waals surface area contributed by atoms with E-state index in [1.54, 1.807) is 0 Å². The molecule has 30 heavy (non-hydrogen) atoms. The Hall–Kier alpha value is -2.06. The second-order valence-corrected chi connectivity index (χ2v) is 9.54. The molecule has 0 unspecified atom stereocenters. The van der Waals surface area contributed by atoms with Gasteiger partial charge in [0.1, 0.15) is 11.2 Å². The highest BCUT2D eigenvalue weighted by Crippen LogP contribution is 2.13. The molecule has 8 heteroatoms. The summed E-state index contributed by atoms with van der Waals surface area (Å²) in [6.45, 7) is 11.1. The molecule has 2 rings (SSSR count). The molecule has 4 N–H and O–H groups in total. The summed E-state index contributed by atoms with van der Waals surface area (Å²) < 4.78 is 10.3. The Balaban J connectivity index is 0.000000300. The van der Waals surface area contributed by atoms with Gasteiger partial charge in [-0.05, 0) is 68.5 Å². The number of alkyl carbamates (subject to hydrolysis) is 2. The fourth-order valence-electron chi connectivity index (χ4n) is 2.96. The van der Waals surface area contributed by atoms with Crippen LogP contribution in [0.3, 0.4) is 0 Å². The summed E-state index contributed by atoms with van der Waals surface area (Å²) in [5, 5.41) is 11.9. The number of hydrogen-bond acceptors (Lipinski definition) is 6. The Bertz CT molecular complexity index is 566. The minimum atomic E-state index is -0.436. The van der Waals surface area contributed by atoms with Gasteiger partial charge in [-0.15, -0.1) is 0 Å². The molecule has 0 aromatic heterocycles. The maximum atomic E-state index is 11.4. The molecule has 4 atom stereocenters. The van der Waals surface area contributed by atoms with Crippen molar-refractivity contribution in [2.45, 2.75) is 89.8 Å². The normalized spacial score (nSPS) is 25.3. The summed E-state index contributed by atoms with van der Waals surface area (Å²) in [5.41, 5.74) is -0.871. The maximum Gasteiger partial charge on any atom is 0.408 e. The van der Waals surface area contributed by atoms with Crippen LogP contribution in [0.5, 0.6) is 0 Å². The van der Waals surface area contributed by atoms with E-state index in [0.717, 1.165) is 12.8 Å². The Morgan fingerprint density at radius 1 is 0.667 bits per heavy atom. The van der Waals surface area contributed by atoms with Crippen LogP contribution >= 0.6 is 0 Å². The average molecular weight is 425 g/mol. The van der Waals surface area contributed by atoms with Crippen molar-refractivity contribution in [3.05, 3.63) is 24.3 Å². The lowest BCUT2D eigenvalue weighted by molar-refractivity contribution is 0.0501. The molecular weight excluding hydrogens is 384 g/mol. The molecule has 8 nitrogen and oxygen atoms in total. The minimum Gasteiger partial charge on any atom is -0.444 e. The second kappa shape index (κ2) is 11.4. The molecule has 0 fully saturated rings. The van der Waals surface area contributed by atoms with Crippen molar-refractivity contribution < 1.29 is 19.1 Å². The van der Waals surface area contributed by atoms with Gasteiger partial charge in [-0.25, -0.2) is 9.59 Å². The van der Waals surface area contributed by atoms with E-state index in [1.807, 2.05) is 67.8 Å². The quantitative estimate of drug-likeness (QED) is 0.518. The first-order chi connectivity index (χ1) is 13.8. The third kappa shape index (κ3) is 11.2. The van der Waals surface area contributed by atoms with Crippen molar-refractivity contribution in [1.82, 2.24) is 21.3 Å². The van der Waals surface area contributed by atoms with Gasteiger partial charge in [0.05, 0.1) is 12.1 Å². The van der Waals surface area contributed by atoms with E-state index < -0.39 is 11.2 Å². The molecule has 0 radical (unpaired) electrons. The number of ether oxygens (including phenoxy) is 2. The summed E-state index contributed by atoms with van der Waals surface area (Å²) >= 11 is 0. The van der Waals surface area contributed by atoms with Gasteiger partial charge in [0.15, 0.2) is 0 Å². The van der Waals surface area contributed by atoms with E-state index in [0.29, 0.717) is 12.1 Å². The SMILES string of the molecule is CN[C@@H]1C=C[C@H](NC(=O)OC(C)(C)C)C1.CN[C@@H]1C=C[C@H](NC(=O)OC(C)(C)C)C1. The highest BCUT2D eigenvalue weighted by molar-refractivity contribution is 5.69. The second-order valence-electron chi connectivity index (χ2n) is 9.54. The van der Waals surface area contributed by atoms with E-state index in [4.69, 9.17) is 9.47 Å². The molecule has 0 bridgehead atoms. The standard InChI is InChI=1S/2C11H20N2O2/c2*1-11(2,3)15-10(14)13-9-6-5-8(7-9)12-4/h2*5-6,8-9,12H,7H2,1-4H3,(H,13,14)/t2*8-,9+/m11/s1. The third-order valence-electron chi connectivity index (χ3n) is 4.31. The first kappa shape index (κ1) is 26.0. The van der Waals surface area contributed by atoms with Crippen LogP contribution in [0.15, 0.2) is 24.3 Å².